The number of hydrogen-bond acceptors (Lipinski definition) is 0. The SMILES string of the molecule is CCCCP(C(C)C)C(C)C.[TeH2]. The van der Waals surface area contributed by atoms with Gasteiger partial charge in [-0.25, -0.2) is 0 Å². The van der Waals surface area contributed by atoms with Gasteiger partial charge in [-0.2, -0.15) is 0 Å². The summed E-state index contributed by atoms with van der Waals surface area (Å²) in [5.74, 6) is 0. The van der Waals surface area contributed by atoms with Crippen molar-refractivity contribution in [3.8, 4) is 0 Å². The summed E-state index contributed by atoms with van der Waals surface area (Å²) < 4.78 is 0. The van der Waals surface area contributed by atoms with E-state index >= 15 is 0 Å². The average Bonchev–Trinajstić information content (AvgIpc) is 1.87. The molecule has 0 saturated carbocycles. The molecular formula is C10H25PTe. The first-order valence-electron chi connectivity index (χ1n) is 4.85. The molecule has 0 aromatic carbocycles. The summed E-state index contributed by atoms with van der Waals surface area (Å²) in [6, 6.07) is 0. The molecule has 12 heavy (non-hydrogen) atoms. The van der Waals surface area contributed by atoms with Crippen molar-refractivity contribution in [1.82, 2.24) is 0 Å². The van der Waals surface area contributed by atoms with Crippen molar-refractivity contribution in [1.29, 1.82) is 0 Å². The van der Waals surface area contributed by atoms with Crippen LogP contribution in [0.4, 0.5) is 0 Å². The fraction of sp³-hybridized carbons (Fsp3) is 1.00. The third-order valence-corrected chi connectivity index (χ3v) is 5.58. The van der Waals surface area contributed by atoms with Crippen LogP contribution >= 0.6 is 7.92 Å². The van der Waals surface area contributed by atoms with Gasteiger partial charge in [0.1, 0.15) is 0 Å². The first kappa shape index (κ1) is 15.7. The normalized spacial score (nSPS) is 11.0. The predicted molar refractivity (Wildman–Crippen MR) is 65.5 cm³/mol. The zero-order chi connectivity index (χ0) is 8.85. The van der Waals surface area contributed by atoms with Gasteiger partial charge in [-0.15, -0.1) is 7.92 Å². The Morgan fingerprint density at radius 3 is 1.67 bits per heavy atom. The number of rotatable bonds is 5. The Labute approximate surface area is 96.4 Å². The monoisotopic (exact) mass is 306 g/mol. The zero-order valence-corrected chi connectivity index (χ0v) is 13.0. The second-order valence-corrected chi connectivity index (χ2v) is 7.32. The summed E-state index contributed by atoms with van der Waals surface area (Å²) in [5, 5.41) is 0. The molecule has 0 rings (SSSR count). The molecule has 0 nitrogen and oxygen atoms in total. The van der Waals surface area contributed by atoms with E-state index in [0.717, 1.165) is 11.3 Å². The Bertz CT molecular complexity index is 83.8. The van der Waals surface area contributed by atoms with Crippen molar-refractivity contribution in [2.45, 2.75) is 58.8 Å². The molecule has 0 radical (unpaired) electrons. The van der Waals surface area contributed by atoms with Crippen LogP contribution in [0.3, 0.4) is 0 Å². The van der Waals surface area contributed by atoms with Gasteiger partial charge in [0.15, 0.2) is 0 Å². The van der Waals surface area contributed by atoms with E-state index in [2.05, 4.69) is 34.6 Å². The van der Waals surface area contributed by atoms with Crippen molar-refractivity contribution in [2.75, 3.05) is 6.16 Å². The molecule has 0 saturated heterocycles. The van der Waals surface area contributed by atoms with Crippen LogP contribution in [0, 0.1) is 0 Å². The van der Waals surface area contributed by atoms with Gasteiger partial charge in [0.25, 0.3) is 0 Å². The van der Waals surface area contributed by atoms with Crippen molar-refractivity contribution >= 4 is 31.6 Å². The summed E-state index contributed by atoms with van der Waals surface area (Å²) in [4.78, 5) is 0. The van der Waals surface area contributed by atoms with Gasteiger partial charge < -0.3 is 0 Å². The minimum atomic E-state index is 0. The van der Waals surface area contributed by atoms with Gasteiger partial charge in [0.05, 0.1) is 0 Å². The van der Waals surface area contributed by atoms with Gasteiger partial charge >= 0.3 is 23.7 Å². The number of hydrogen-bond donors (Lipinski definition) is 0. The molecule has 0 amide bonds. The minimum absolute atomic E-state index is 0. The van der Waals surface area contributed by atoms with Crippen LogP contribution < -0.4 is 0 Å². The molecule has 0 fully saturated rings. The first-order chi connectivity index (χ1) is 5.09. The van der Waals surface area contributed by atoms with Gasteiger partial charge in [0.2, 0.25) is 0 Å². The van der Waals surface area contributed by atoms with Gasteiger partial charge in [0, 0.05) is 0 Å². The van der Waals surface area contributed by atoms with Crippen molar-refractivity contribution in [3.63, 3.8) is 0 Å². The quantitative estimate of drug-likeness (QED) is 0.540. The van der Waals surface area contributed by atoms with E-state index in [1.807, 2.05) is 0 Å². The van der Waals surface area contributed by atoms with E-state index in [4.69, 9.17) is 0 Å². The molecule has 0 heterocycles. The molecule has 0 aliphatic heterocycles. The zero-order valence-electron chi connectivity index (χ0n) is 9.22. The maximum absolute atomic E-state index is 2.38. The summed E-state index contributed by atoms with van der Waals surface area (Å²) in [6.45, 7) is 11.8. The standard InChI is InChI=1S/C10H23P.H2Te/c1-6-7-8-11(9(2)3)10(4)5;/h9-10H,6-8H2,1-5H3;1H2. The van der Waals surface area contributed by atoms with E-state index in [0.29, 0.717) is 7.92 Å². The third kappa shape index (κ3) is 6.71. The van der Waals surface area contributed by atoms with E-state index in [1.165, 1.54) is 19.0 Å². The Morgan fingerprint density at radius 2 is 1.42 bits per heavy atom. The van der Waals surface area contributed by atoms with Crippen molar-refractivity contribution < 1.29 is 0 Å². The molecule has 0 aromatic heterocycles. The number of unbranched alkanes of at least 4 members (excludes halogenated alkanes) is 1. The van der Waals surface area contributed by atoms with Crippen LogP contribution in [-0.2, 0) is 0 Å². The fourth-order valence-electron chi connectivity index (χ4n) is 1.45. The Hall–Kier alpha value is 1.22. The molecule has 0 aliphatic carbocycles. The summed E-state index contributed by atoms with van der Waals surface area (Å²) >= 11 is 0. The average molecular weight is 304 g/mol. The van der Waals surface area contributed by atoms with E-state index in [9.17, 15) is 0 Å². The first-order valence-corrected chi connectivity index (χ1v) is 6.51. The molecule has 0 atom stereocenters. The molecule has 76 valence electrons. The Balaban J connectivity index is 0. The summed E-state index contributed by atoms with van der Waals surface area (Å²) in [6.07, 6.45) is 4.28. The molecule has 0 bridgehead atoms. The second-order valence-electron chi connectivity index (χ2n) is 3.78. The topological polar surface area (TPSA) is 0 Å². The predicted octanol–water partition coefficient (Wildman–Crippen LogP) is 3.17. The van der Waals surface area contributed by atoms with Crippen LogP contribution in [0.1, 0.15) is 47.5 Å². The van der Waals surface area contributed by atoms with Gasteiger partial charge in [-0.1, -0.05) is 41.0 Å². The van der Waals surface area contributed by atoms with Crippen LogP contribution in [0.15, 0.2) is 0 Å². The summed E-state index contributed by atoms with van der Waals surface area (Å²) in [5.41, 5.74) is 1.85. The van der Waals surface area contributed by atoms with Crippen LogP contribution in [0.5, 0.6) is 0 Å². The maximum atomic E-state index is 2.38. The van der Waals surface area contributed by atoms with E-state index in [1.54, 1.807) is 0 Å². The van der Waals surface area contributed by atoms with E-state index in [-0.39, 0.29) is 23.7 Å². The van der Waals surface area contributed by atoms with E-state index < -0.39 is 0 Å². The molecule has 0 N–H and O–H groups in total. The van der Waals surface area contributed by atoms with Crippen LogP contribution in [0.2, 0.25) is 0 Å². The molecular weight excluding hydrogens is 279 g/mol. The van der Waals surface area contributed by atoms with Gasteiger partial charge in [-0.05, 0) is 23.9 Å². The second kappa shape index (κ2) is 8.80. The van der Waals surface area contributed by atoms with Crippen LogP contribution in [-0.4, -0.2) is 41.1 Å². The van der Waals surface area contributed by atoms with Crippen molar-refractivity contribution in [2.24, 2.45) is 0 Å². The summed E-state index contributed by atoms with van der Waals surface area (Å²) in [7, 11) is 0.315. The Morgan fingerprint density at radius 1 is 1.00 bits per heavy atom. The molecule has 0 aliphatic rings. The molecule has 0 spiro atoms. The fourth-order valence-corrected chi connectivity index (χ4v) is 4.36. The van der Waals surface area contributed by atoms with Crippen LogP contribution in [0.25, 0.3) is 0 Å². The molecule has 2 heteroatoms. The Kier molecular flexibility index (Phi) is 11.5. The molecule has 0 aromatic rings. The third-order valence-electron chi connectivity index (χ3n) is 2.10. The van der Waals surface area contributed by atoms with Gasteiger partial charge in [-0.3, -0.25) is 0 Å². The molecule has 0 unspecified atom stereocenters. The van der Waals surface area contributed by atoms with Crippen molar-refractivity contribution in [3.05, 3.63) is 0 Å².